The molecule has 1 aliphatic heterocycles. The van der Waals surface area contributed by atoms with Gasteiger partial charge in [-0.3, -0.25) is 9.80 Å². The first-order valence-corrected chi connectivity index (χ1v) is 7.03. The fourth-order valence-electron chi connectivity index (χ4n) is 2.24. The van der Waals surface area contributed by atoms with Crippen molar-refractivity contribution in [2.75, 3.05) is 39.3 Å². The molecular weight excluding hydrogens is 307 g/mol. The Balaban J connectivity index is 2.29. The third kappa shape index (κ3) is 3.50. The number of terminal acetylenes is 1. The molecular formula is C15H18ClFN4O. The Morgan fingerprint density at radius 3 is 2.86 bits per heavy atom. The number of rotatable bonds is 4. The molecule has 1 aromatic rings. The van der Waals surface area contributed by atoms with Gasteiger partial charge in [0.25, 0.3) is 0 Å². The molecule has 1 heterocycles. The summed E-state index contributed by atoms with van der Waals surface area (Å²) < 4.78 is 19.5. The van der Waals surface area contributed by atoms with E-state index in [0.29, 0.717) is 18.1 Å². The molecule has 0 saturated heterocycles. The molecule has 1 unspecified atom stereocenters. The van der Waals surface area contributed by atoms with Gasteiger partial charge in [0.2, 0.25) is 0 Å². The van der Waals surface area contributed by atoms with Crippen LogP contribution in [0.2, 0.25) is 5.02 Å². The van der Waals surface area contributed by atoms with Crippen molar-refractivity contribution in [2.45, 2.75) is 6.29 Å². The van der Waals surface area contributed by atoms with Crippen LogP contribution in [-0.4, -0.2) is 56.8 Å². The molecule has 0 fully saturated rings. The summed E-state index contributed by atoms with van der Waals surface area (Å²) in [5.74, 6) is 2.26. The highest BCUT2D eigenvalue weighted by Crippen LogP contribution is 2.32. The van der Waals surface area contributed by atoms with Gasteiger partial charge in [-0.1, -0.05) is 17.5 Å². The molecule has 0 bridgehead atoms. The monoisotopic (exact) mass is 324 g/mol. The predicted molar refractivity (Wildman–Crippen MR) is 86.8 cm³/mol. The van der Waals surface area contributed by atoms with Crippen molar-refractivity contribution < 1.29 is 9.13 Å². The highest BCUT2D eigenvalue weighted by atomic mass is 35.5. The summed E-state index contributed by atoms with van der Waals surface area (Å²) in [6, 6.07) is 2.75. The molecule has 1 atom stereocenters. The second-order valence-electron chi connectivity index (χ2n) is 5.17. The van der Waals surface area contributed by atoms with Crippen LogP contribution in [0.4, 0.5) is 10.1 Å². The lowest BCUT2D eigenvalue weighted by molar-refractivity contribution is 0.109. The maximum absolute atomic E-state index is 14.2. The van der Waals surface area contributed by atoms with Crippen molar-refractivity contribution in [1.82, 2.24) is 9.80 Å². The van der Waals surface area contributed by atoms with E-state index in [-0.39, 0.29) is 17.9 Å². The highest BCUT2D eigenvalue weighted by molar-refractivity contribution is 6.32. The van der Waals surface area contributed by atoms with Crippen molar-refractivity contribution >= 4 is 23.6 Å². The minimum atomic E-state index is -0.443. The largest absolute Gasteiger partial charge is 0.479 e. The first-order chi connectivity index (χ1) is 10.4. The van der Waals surface area contributed by atoms with Crippen LogP contribution in [0.15, 0.2) is 17.1 Å². The predicted octanol–water partition coefficient (Wildman–Crippen LogP) is 2.07. The topological polar surface area (TPSA) is 31.3 Å². The number of ether oxygens (including phenoxy) is 1. The van der Waals surface area contributed by atoms with Crippen LogP contribution < -0.4 is 9.64 Å². The fourth-order valence-corrected chi connectivity index (χ4v) is 2.44. The van der Waals surface area contributed by atoms with Crippen LogP contribution in [-0.2, 0) is 0 Å². The highest BCUT2D eigenvalue weighted by Gasteiger charge is 2.24. The van der Waals surface area contributed by atoms with Crippen molar-refractivity contribution in [3.05, 3.63) is 23.0 Å². The molecule has 5 nitrogen and oxygen atoms in total. The Kier molecular flexibility index (Phi) is 5.24. The number of aliphatic imine (C=N–C) groups is 1. The first-order valence-electron chi connectivity index (χ1n) is 6.66. The van der Waals surface area contributed by atoms with E-state index in [1.165, 1.54) is 12.1 Å². The third-order valence-electron chi connectivity index (χ3n) is 3.19. The lowest BCUT2D eigenvalue weighted by Gasteiger charge is -2.37. The van der Waals surface area contributed by atoms with Gasteiger partial charge in [-0.15, -0.1) is 6.42 Å². The van der Waals surface area contributed by atoms with Gasteiger partial charge in [0.05, 0.1) is 23.7 Å². The number of hydrogen-bond donors (Lipinski definition) is 0. The molecule has 118 valence electrons. The Hall–Kier alpha value is -1.81. The first kappa shape index (κ1) is 16.6. The molecule has 0 saturated carbocycles. The van der Waals surface area contributed by atoms with Crippen LogP contribution in [0, 0.1) is 18.2 Å². The summed E-state index contributed by atoms with van der Waals surface area (Å²) in [5.41, 5.74) is 0.337. The van der Waals surface area contributed by atoms with Gasteiger partial charge >= 0.3 is 0 Å². The van der Waals surface area contributed by atoms with E-state index in [4.69, 9.17) is 22.8 Å². The van der Waals surface area contributed by atoms with E-state index < -0.39 is 5.82 Å². The maximum Gasteiger partial charge on any atom is 0.160 e. The summed E-state index contributed by atoms with van der Waals surface area (Å²) in [6.45, 7) is 0.557. The van der Waals surface area contributed by atoms with Gasteiger partial charge in [-0.25, -0.2) is 9.38 Å². The molecule has 22 heavy (non-hydrogen) atoms. The Labute approximate surface area is 134 Å². The molecule has 0 spiro atoms. The standard InChI is InChI=1S/C15H18ClFN4O/c1-5-6-22-14-8-13(12(17)7-11(14)16)21-9-18-15(19(2)3)20(4)10-21/h1,7-9,15H,6,10H2,2-4H3. The summed E-state index contributed by atoms with van der Waals surface area (Å²) in [4.78, 5) is 10.0. The zero-order chi connectivity index (χ0) is 16.3. The lowest BCUT2D eigenvalue weighted by Crippen LogP contribution is -2.50. The lowest BCUT2D eigenvalue weighted by atomic mass is 10.2. The van der Waals surface area contributed by atoms with Crippen molar-refractivity contribution in [3.63, 3.8) is 0 Å². The van der Waals surface area contributed by atoms with Crippen LogP contribution in [0.5, 0.6) is 5.75 Å². The molecule has 1 aliphatic rings. The average molecular weight is 325 g/mol. The van der Waals surface area contributed by atoms with Crippen molar-refractivity contribution in [3.8, 4) is 18.1 Å². The molecule has 1 aromatic carbocycles. The number of anilines is 1. The van der Waals surface area contributed by atoms with Gasteiger partial charge in [0.15, 0.2) is 6.29 Å². The van der Waals surface area contributed by atoms with Gasteiger partial charge in [0, 0.05) is 6.07 Å². The number of benzene rings is 1. The average Bonchev–Trinajstić information content (AvgIpc) is 2.46. The molecule has 0 radical (unpaired) electrons. The van der Waals surface area contributed by atoms with E-state index in [1.54, 1.807) is 11.2 Å². The Morgan fingerprint density at radius 2 is 2.27 bits per heavy atom. The Bertz CT molecular complexity index is 614. The van der Waals surface area contributed by atoms with Crippen molar-refractivity contribution in [2.24, 2.45) is 4.99 Å². The van der Waals surface area contributed by atoms with Crippen LogP contribution in [0.25, 0.3) is 0 Å². The molecule has 0 aliphatic carbocycles. The SMILES string of the molecule is C#CCOc1cc(N2C=NC(N(C)C)N(C)C2)c(F)cc1Cl. The van der Waals surface area contributed by atoms with E-state index >= 15 is 0 Å². The van der Waals surface area contributed by atoms with Crippen LogP contribution >= 0.6 is 11.6 Å². The summed E-state index contributed by atoms with van der Waals surface area (Å²) in [5, 5.41) is 0.185. The second kappa shape index (κ2) is 6.97. The van der Waals surface area contributed by atoms with Gasteiger partial charge in [-0.2, -0.15) is 0 Å². The Morgan fingerprint density at radius 1 is 1.55 bits per heavy atom. The summed E-state index contributed by atoms with van der Waals surface area (Å²) in [6.07, 6.45) is 6.70. The number of hydrogen-bond acceptors (Lipinski definition) is 5. The molecule has 2 rings (SSSR count). The minimum Gasteiger partial charge on any atom is -0.479 e. The van der Waals surface area contributed by atoms with Crippen LogP contribution in [0.3, 0.4) is 0 Å². The fraction of sp³-hybridized carbons (Fsp3) is 0.400. The number of halogens is 2. The van der Waals surface area contributed by atoms with Crippen molar-refractivity contribution in [1.29, 1.82) is 0 Å². The molecule has 0 N–H and O–H groups in total. The molecule has 0 aromatic heterocycles. The third-order valence-corrected chi connectivity index (χ3v) is 3.49. The summed E-state index contributed by atoms with van der Waals surface area (Å²) in [7, 11) is 5.78. The van der Waals surface area contributed by atoms with Gasteiger partial charge < -0.3 is 9.64 Å². The summed E-state index contributed by atoms with van der Waals surface area (Å²) >= 11 is 5.97. The normalized spacial score (nSPS) is 18.6. The zero-order valence-electron chi connectivity index (χ0n) is 12.8. The second-order valence-corrected chi connectivity index (χ2v) is 5.58. The van der Waals surface area contributed by atoms with E-state index in [0.717, 1.165) is 0 Å². The molecule has 0 amide bonds. The number of nitrogens with zero attached hydrogens (tertiary/aromatic N) is 4. The maximum atomic E-state index is 14.2. The van der Waals surface area contributed by atoms with E-state index in [9.17, 15) is 4.39 Å². The van der Waals surface area contributed by atoms with E-state index in [1.807, 2.05) is 30.9 Å². The molecule has 7 heteroatoms. The zero-order valence-corrected chi connectivity index (χ0v) is 13.5. The van der Waals surface area contributed by atoms with Gasteiger partial charge in [-0.05, 0) is 27.2 Å². The quantitative estimate of drug-likeness (QED) is 0.794. The van der Waals surface area contributed by atoms with E-state index in [2.05, 4.69) is 10.9 Å². The minimum absolute atomic E-state index is 0.0709. The smallest absolute Gasteiger partial charge is 0.160 e. The van der Waals surface area contributed by atoms with Gasteiger partial charge in [0.1, 0.15) is 18.2 Å². The van der Waals surface area contributed by atoms with Crippen LogP contribution in [0.1, 0.15) is 0 Å².